The van der Waals surface area contributed by atoms with Crippen LogP contribution in [0.15, 0.2) is 24.3 Å². The molecule has 0 aromatic heterocycles. The van der Waals surface area contributed by atoms with E-state index in [0.29, 0.717) is 38.5 Å². The molecule has 1 saturated carbocycles. The van der Waals surface area contributed by atoms with Crippen molar-refractivity contribution in [2.24, 2.45) is 5.92 Å². The zero-order valence-corrected chi connectivity index (χ0v) is 14.8. The minimum Gasteiger partial charge on any atom is -0.493 e. The fourth-order valence-corrected chi connectivity index (χ4v) is 3.71. The van der Waals surface area contributed by atoms with Gasteiger partial charge in [-0.05, 0) is 37.3 Å². The van der Waals surface area contributed by atoms with E-state index in [4.69, 9.17) is 4.74 Å². The van der Waals surface area contributed by atoms with E-state index in [2.05, 4.69) is 10.6 Å². The van der Waals surface area contributed by atoms with Crippen LogP contribution in [0.2, 0.25) is 0 Å². The summed E-state index contributed by atoms with van der Waals surface area (Å²) in [6, 6.07) is 8.21. The molecule has 2 N–H and O–H groups in total. The van der Waals surface area contributed by atoms with Gasteiger partial charge in [0.25, 0.3) is 0 Å². The van der Waals surface area contributed by atoms with Gasteiger partial charge in [0, 0.05) is 24.9 Å². The zero-order valence-electron chi connectivity index (χ0n) is 14.8. The summed E-state index contributed by atoms with van der Waals surface area (Å²) in [5, 5.41) is 6.01. The van der Waals surface area contributed by atoms with Gasteiger partial charge in [-0.3, -0.25) is 9.59 Å². The Hall–Kier alpha value is -2.04. The molecule has 1 fully saturated rings. The first kappa shape index (κ1) is 17.8. The number of rotatable bonds is 5. The summed E-state index contributed by atoms with van der Waals surface area (Å²) >= 11 is 0. The van der Waals surface area contributed by atoms with Gasteiger partial charge < -0.3 is 15.4 Å². The average Bonchev–Trinajstić information content (AvgIpc) is 2.85. The Bertz CT molecular complexity index is 596. The molecule has 1 aliphatic carbocycles. The minimum atomic E-state index is -0.0925. The average molecular weight is 344 g/mol. The molecule has 25 heavy (non-hydrogen) atoms. The van der Waals surface area contributed by atoms with E-state index in [1.807, 2.05) is 24.3 Å². The molecular formula is C20H28N2O3. The summed E-state index contributed by atoms with van der Waals surface area (Å²) in [4.78, 5) is 24.4. The molecule has 5 nitrogen and oxygen atoms in total. The van der Waals surface area contributed by atoms with Crippen LogP contribution >= 0.6 is 0 Å². The molecule has 1 heterocycles. The Labute approximate surface area is 149 Å². The lowest BCUT2D eigenvalue weighted by molar-refractivity contribution is -0.125. The van der Waals surface area contributed by atoms with Gasteiger partial charge in [-0.2, -0.15) is 0 Å². The molecule has 0 unspecified atom stereocenters. The highest BCUT2D eigenvalue weighted by molar-refractivity contribution is 5.81. The maximum atomic E-state index is 12.4. The summed E-state index contributed by atoms with van der Waals surface area (Å²) in [5.41, 5.74) is 1.08. The lowest BCUT2D eigenvalue weighted by atomic mass is 9.95. The van der Waals surface area contributed by atoms with Crippen LogP contribution in [0.3, 0.4) is 0 Å². The van der Waals surface area contributed by atoms with Gasteiger partial charge in [0.05, 0.1) is 6.61 Å². The smallest absolute Gasteiger partial charge is 0.223 e. The van der Waals surface area contributed by atoms with Gasteiger partial charge in [0.2, 0.25) is 11.8 Å². The van der Waals surface area contributed by atoms with Crippen LogP contribution in [0.25, 0.3) is 0 Å². The van der Waals surface area contributed by atoms with Gasteiger partial charge >= 0.3 is 0 Å². The molecule has 2 amide bonds. The van der Waals surface area contributed by atoms with Crippen molar-refractivity contribution in [1.82, 2.24) is 10.6 Å². The maximum absolute atomic E-state index is 12.4. The molecule has 2 aliphatic rings. The first-order chi connectivity index (χ1) is 12.2. The minimum absolute atomic E-state index is 0.0192. The Kier molecular flexibility index (Phi) is 6.31. The predicted molar refractivity (Wildman–Crippen MR) is 96.4 cm³/mol. The van der Waals surface area contributed by atoms with Gasteiger partial charge in [-0.15, -0.1) is 0 Å². The third-order valence-electron chi connectivity index (χ3n) is 5.16. The second kappa shape index (κ2) is 8.88. The molecule has 5 heteroatoms. The van der Waals surface area contributed by atoms with Gasteiger partial charge in [0.15, 0.2) is 0 Å². The summed E-state index contributed by atoms with van der Waals surface area (Å²) in [6.45, 7) is 0.952. The summed E-state index contributed by atoms with van der Waals surface area (Å²) < 4.78 is 5.71. The van der Waals surface area contributed by atoms with Crippen LogP contribution in [-0.2, 0) is 16.0 Å². The third kappa shape index (κ3) is 5.21. The number of para-hydroxylation sites is 1. The number of benzene rings is 1. The standard InChI is InChI=1S/C20H28N2O3/c23-19(22-17-7-2-1-3-8-17)10-12-21-20(24)16-11-13-25-18-9-5-4-6-15(18)14-16/h4-6,9,16-17H,1-3,7-8,10-14H2,(H,21,24)(H,22,23)/t16-/m0/s1. The van der Waals surface area contributed by atoms with Crippen LogP contribution in [-0.4, -0.2) is 31.0 Å². The SMILES string of the molecule is O=C(CCNC(=O)[C@H]1CCOc2ccccc2C1)NC1CCCCC1. The first-order valence-corrected chi connectivity index (χ1v) is 9.50. The summed E-state index contributed by atoms with van der Waals surface area (Å²) in [7, 11) is 0. The van der Waals surface area contributed by atoms with E-state index in [0.717, 1.165) is 24.2 Å². The van der Waals surface area contributed by atoms with Crippen LogP contribution in [0.5, 0.6) is 5.75 Å². The topological polar surface area (TPSA) is 67.4 Å². The van der Waals surface area contributed by atoms with E-state index >= 15 is 0 Å². The quantitative estimate of drug-likeness (QED) is 0.863. The van der Waals surface area contributed by atoms with Crippen molar-refractivity contribution < 1.29 is 14.3 Å². The fourth-order valence-electron chi connectivity index (χ4n) is 3.71. The van der Waals surface area contributed by atoms with Crippen LogP contribution in [0, 0.1) is 5.92 Å². The van der Waals surface area contributed by atoms with Crippen LogP contribution < -0.4 is 15.4 Å². The van der Waals surface area contributed by atoms with Crippen molar-refractivity contribution >= 4 is 11.8 Å². The molecule has 0 saturated heterocycles. The van der Waals surface area contributed by atoms with Crippen molar-refractivity contribution in [3.8, 4) is 5.75 Å². The van der Waals surface area contributed by atoms with Crippen molar-refractivity contribution in [2.45, 2.75) is 57.4 Å². The van der Waals surface area contributed by atoms with Gasteiger partial charge in [0.1, 0.15) is 5.75 Å². The highest BCUT2D eigenvalue weighted by Crippen LogP contribution is 2.26. The first-order valence-electron chi connectivity index (χ1n) is 9.50. The number of fused-ring (bicyclic) bond motifs is 1. The zero-order chi connectivity index (χ0) is 17.5. The molecule has 1 atom stereocenters. The predicted octanol–water partition coefficient (Wildman–Crippen LogP) is 2.58. The fraction of sp³-hybridized carbons (Fsp3) is 0.600. The maximum Gasteiger partial charge on any atom is 0.223 e. The number of hydrogen-bond acceptors (Lipinski definition) is 3. The molecule has 0 radical (unpaired) electrons. The Morgan fingerprint density at radius 2 is 1.88 bits per heavy atom. The highest BCUT2D eigenvalue weighted by Gasteiger charge is 2.23. The molecule has 0 bridgehead atoms. The lowest BCUT2D eigenvalue weighted by Crippen LogP contribution is -2.39. The van der Waals surface area contributed by atoms with Gasteiger partial charge in [-0.25, -0.2) is 0 Å². The normalized spacial score (nSPS) is 20.7. The molecule has 3 rings (SSSR count). The van der Waals surface area contributed by atoms with Gasteiger partial charge in [-0.1, -0.05) is 37.5 Å². The molecule has 1 aromatic carbocycles. The second-order valence-corrected chi connectivity index (χ2v) is 7.09. The third-order valence-corrected chi connectivity index (χ3v) is 5.16. The molecule has 136 valence electrons. The number of carbonyl (C=O) groups excluding carboxylic acids is 2. The van der Waals surface area contributed by atoms with E-state index in [9.17, 15) is 9.59 Å². The molecule has 1 aliphatic heterocycles. The van der Waals surface area contributed by atoms with E-state index < -0.39 is 0 Å². The van der Waals surface area contributed by atoms with E-state index in [1.165, 1.54) is 19.3 Å². The number of hydrogen-bond donors (Lipinski definition) is 2. The Morgan fingerprint density at radius 3 is 2.72 bits per heavy atom. The molecule has 1 aromatic rings. The number of carbonyl (C=O) groups is 2. The van der Waals surface area contributed by atoms with Crippen LogP contribution in [0.1, 0.15) is 50.5 Å². The van der Waals surface area contributed by atoms with Crippen molar-refractivity contribution in [3.63, 3.8) is 0 Å². The Morgan fingerprint density at radius 1 is 1.08 bits per heavy atom. The van der Waals surface area contributed by atoms with Crippen molar-refractivity contribution in [2.75, 3.05) is 13.2 Å². The number of amides is 2. The van der Waals surface area contributed by atoms with Crippen molar-refractivity contribution in [1.29, 1.82) is 0 Å². The largest absolute Gasteiger partial charge is 0.493 e. The monoisotopic (exact) mass is 344 g/mol. The molecular weight excluding hydrogens is 316 g/mol. The summed E-state index contributed by atoms with van der Waals surface area (Å²) in [5.74, 6) is 0.849. The van der Waals surface area contributed by atoms with E-state index in [-0.39, 0.29) is 17.7 Å². The second-order valence-electron chi connectivity index (χ2n) is 7.09. The highest BCUT2D eigenvalue weighted by atomic mass is 16.5. The number of ether oxygens (including phenoxy) is 1. The van der Waals surface area contributed by atoms with Crippen molar-refractivity contribution in [3.05, 3.63) is 29.8 Å². The van der Waals surface area contributed by atoms with Crippen LogP contribution in [0.4, 0.5) is 0 Å². The Balaban J connectivity index is 1.41. The van der Waals surface area contributed by atoms with E-state index in [1.54, 1.807) is 0 Å². The lowest BCUT2D eigenvalue weighted by Gasteiger charge is -2.22. The summed E-state index contributed by atoms with van der Waals surface area (Å²) in [6.07, 6.45) is 7.59. The molecule has 0 spiro atoms. The number of nitrogens with one attached hydrogen (secondary N) is 2.